The van der Waals surface area contributed by atoms with Gasteiger partial charge in [-0.1, -0.05) is 6.42 Å². The standard InChI is InChI=1S/C14H22N2O3/c17-13(18)7-10-8-15(9-10)14(19)16-6-2-4-11-3-1-5-12(11)16/h10-12H,1-9H2,(H,17,18). The van der Waals surface area contributed by atoms with E-state index in [0.29, 0.717) is 25.0 Å². The molecule has 106 valence electrons. The van der Waals surface area contributed by atoms with Gasteiger partial charge in [0.2, 0.25) is 0 Å². The predicted octanol–water partition coefficient (Wildman–Crippen LogP) is 1.78. The maximum Gasteiger partial charge on any atom is 0.320 e. The van der Waals surface area contributed by atoms with Gasteiger partial charge in [0.05, 0.1) is 6.42 Å². The number of carboxylic acids is 1. The van der Waals surface area contributed by atoms with E-state index < -0.39 is 5.97 Å². The first-order valence-electron chi connectivity index (χ1n) is 7.42. The van der Waals surface area contributed by atoms with Crippen LogP contribution >= 0.6 is 0 Å². The van der Waals surface area contributed by atoms with Crippen LogP contribution in [-0.4, -0.2) is 52.6 Å². The van der Waals surface area contributed by atoms with Crippen LogP contribution in [0.4, 0.5) is 4.79 Å². The van der Waals surface area contributed by atoms with Gasteiger partial charge >= 0.3 is 12.0 Å². The molecule has 2 amide bonds. The predicted molar refractivity (Wildman–Crippen MR) is 69.8 cm³/mol. The summed E-state index contributed by atoms with van der Waals surface area (Å²) < 4.78 is 0. The monoisotopic (exact) mass is 266 g/mol. The van der Waals surface area contributed by atoms with Gasteiger partial charge in [-0.2, -0.15) is 0 Å². The second kappa shape index (κ2) is 5.02. The van der Waals surface area contributed by atoms with Gasteiger partial charge in [-0.05, 0) is 31.6 Å². The van der Waals surface area contributed by atoms with Crippen LogP contribution in [0.2, 0.25) is 0 Å². The van der Waals surface area contributed by atoms with Gasteiger partial charge in [-0.15, -0.1) is 0 Å². The van der Waals surface area contributed by atoms with Gasteiger partial charge in [0.15, 0.2) is 0 Å². The van der Waals surface area contributed by atoms with Crippen molar-refractivity contribution in [2.24, 2.45) is 11.8 Å². The third-order valence-corrected chi connectivity index (χ3v) is 4.93. The Balaban J connectivity index is 1.55. The summed E-state index contributed by atoms with van der Waals surface area (Å²) in [5, 5.41) is 8.73. The van der Waals surface area contributed by atoms with Crippen LogP contribution in [0.1, 0.15) is 38.5 Å². The number of urea groups is 1. The average molecular weight is 266 g/mol. The molecule has 2 aliphatic heterocycles. The SMILES string of the molecule is O=C(O)CC1CN(C(=O)N2CCCC3CCCC32)C1. The second-order valence-electron chi connectivity index (χ2n) is 6.25. The zero-order valence-electron chi connectivity index (χ0n) is 11.3. The number of likely N-dealkylation sites (tertiary alicyclic amines) is 2. The van der Waals surface area contributed by atoms with Crippen LogP contribution in [0.3, 0.4) is 0 Å². The van der Waals surface area contributed by atoms with E-state index in [-0.39, 0.29) is 18.4 Å². The fourth-order valence-corrected chi connectivity index (χ4v) is 3.98. The highest BCUT2D eigenvalue weighted by atomic mass is 16.4. The number of hydrogen-bond donors (Lipinski definition) is 1. The van der Waals surface area contributed by atoms with E-state index in [1.54, 1.807) is 0 Å². The van der Waals surface area contributed by atoms with Crippen molar-refractivity contribution in [3.05, 3.63) is 0 Å². The number of carboxylic acid groups (broad SMARTS) is 1. The van der Waals surface area contributed by atoms with Gasteiger partial charge in [0, 0.05) is 31.6 Å². The Hall–Kier alpha value is -1.26. The van der Waals surface area contributed by atoms with Crippen molar-refractivity contribution in [1.29, 1.82) is 0 Å². The molecule has 2 saturated heterocycles. The minimum atomic E-state index is -0.758. The molecule has 0 aromatic carbocycles. The summed E-state index contributed by atoms with van der Waals surface area (Å²) in [6.07, 6.45) is 6.27. The summed E-state index contributed by atoms with van der Waals surface area (Å²) in [6, 6.07) is 0.609. The number of piperidine rings is 1. The minimum absolute atomic E-state index is 0.151. The van der Waals surface area contributed by atoms with Crippen LogP contribution in [0.25, 0.3) is 0 Å². The van der Waals surface area contributed by atoms with E-state index in [9.17, 15) is 9.59 Å². The fraction of sp³-hybridized carbons (Fsp3) is 0.857. The molecule has 0 aromatic rings. The Morgan fingerprint density at radius 3 is 2.58 bits per heavy atom. The minimum Gasteiger partial charge on any atom is -0.481 e. The van der Waals surface area contributed by atoms with E-state index in [1.165, 1.54) is 19.3 Å². The molecule has 0 radical (unpaired) electrons. The van der Waals surface area contributed by atoms with Gasteiger partial charge in [-0.3, -0.25) is 4.79 Å². The molecule has 5 heteroatoms. The number of hydrogen-bond acceptors (Lipinski definition) is 2. The topological polar surface area (TPSA) is 60.9 Å². The van der Waals surface area contributed by atoms with Crippen LogP contribution < -0.4 is 0 Å². The quantitative estimate of drug-likeness (QED) is 0.828. The van der Waals surface area contributed by atoms with Crippen LogP contribution in [0.5, 0.6) is 0 Å². The van der Waals surface area contributed by atoms with Crippen molar-refractivity contribution in [2.75, 3.05) is 19.6 Å². The Kier molecular flexibility index (Phi) is 3.37. The van der Waals surface area contributed by atoms with Gasteiger partial charge in [0.25, 0.3) is 0 Å². The maximum absolute atomic E-state index is 12.5. The zero-order chi connectivity index (χ0) is 13.4. The first kappa shape index (κ1) is 12.8. The van der Waals surface area contributed by atoms with Crippen LogP contribution in [0.15, 0.2) is 0 Å². The lowest BCUT2D eigenvalue weighted by atomic mass is 9.91. The highest BCUT2D eigenvalue weighted by molar-refractivity contribution is 5.76. The van der Waals surface area contributed by atoms with Crippen molar-refractivity contribution in [3.63, 3.8) is 0 Å². The molecule has 3 aliphatic rings. The van der Waals surface area contributed by atoms with Crippen molar-refractivity contribution in [1.82, 2.24) is 9.80 Å². The lowest BCUT2D eigenvalue weighted by Gasteiger charge is -2.45. The molecule has 0 spiro atoms. The molecule has 0 aromatic heterocycles. The molecular weight excluding hydrogens is 244 g/mol. The van der Waals surface area contributed by atoms with Crippen molar-refractivity contribution in [2.45, 2.75) is 44.6 Å². The molecule has 3 fully saturated rings. The summed E-state index contributed by atoms with van der Waals surface area (Å²) in [7, 11) is 0. The lowest BCUT2D eigenvalue weighted by Crippen LogP contribution is -2.58. The molecule has 2 heterocycles. The fourth-order valence-electron chi connectivity index (χ4n) is 3.98. The molecule has 5 nitrogen and oxygen atoms in total. The number of amides is 2. The number of fused-ring (bicyclic) bond motifs is 1. The number of aliphatic carboxylic acids is 1. The molecule has 0 bridgehead atoms. The van der Waals surface area contributed by atoms with E-state index in [1.807, 2.05) is 4.90 Å². The molecule has 1 N–H and O–H groups in total. The number of carbonyl (C=O) groups excluding carboxylic acids is 1. The largest absolute Gasteiger partial charge is 0.481 e. The number of rotatable bonds is 2. The first-order valence-corrected chi connectivity index (χ1v) is 7.42. The van der Waals surface area contributed by atoms with E-state index in [4.69, 9.17) is 5.11 Å². The summed E-state index contributed by atoms with van der Waals surface area (Å²) in [4.78, 5) is 27.0. The molecule has 2 unspecified atom stereocenters. The zero-order valence-corrected chi connectivity index (χ0v) is 11.3. The maximum atomic E-state index is 12.5. The van der Waals surface area contributed by atoms with E-state index in [2.05, 4.69) is 4.90 Å². The van der Waals surface area contributed by atoms with E-state index >= 15 is 0 Å². The third kappa shape index (κ3) is 2.42. The molecule has 1 aliphatic carbocycles. The Morgan fingerprint density at radius 1 is 1.11 bits per heavy atom. The molecular formula is C14H22N2O3. The Labute approximate surface area is 113 Å². The second-order valence-corrected chi connectivity index (χ2v) is 6.25. The normalized spacial score (nSPS) is 30.9. The number of carbonyl (C=O) groups is 2. The van der Waals surface area contributed by atoms with Crippen molar-refractivity contribution < 1.29 is 14.7 Å². The van der Waals surface area contributed by atoms with Crippen LogP contribution in [-0.2, 0) is 4.79 Å². The summed E-state index contributed by atoms with van der Waals surface area (Å²) >= 11 is 0. The summed E-state index contributed by atoms with van der Waals surface area (Å²) in [6.45, 7) is 2.14. The lowest BCUT2D eigenvalue weighted by molar-refractivity contribution is -0.139. The molecule has 2 atom stereocenters. The smallest absolute Gasteiger partial charge is 0.320 e. The van der Waals surface area contributed by atoms with Crippen LogP contribution in [0, 0.1) is 11.8 Å². The van der Waals surface area contributed by atoms with Gasteiger partial charge in [-0.25, -0.2) is 4.79 Å². The number of nitrogens with zero attached hydrogens (tertiary/aromatic N) is 2. The Bertz CT molecular complexity index is 379. The summed E-state index contributed by atoms with van der Waals surface area (Å²) in [5.74, 6) is 0.116. The molecule has 1 saturated carbocycles. The molecule has 19 heavy (non-hydrogen) atoms. The highest BCUT2D eigenvalue weighted by Gasteiger charge is 2.41. The van der Waals surface area contributed by atoms with E-state index in [0.717, 1.165) is 19.4 Å². The van der Waals surface area contributed by atoms with Crippen molar-refractivity contribution in [3.8, 4) is 0 Å². The summed E-state index contributed by atoms with van der Waals surface area (Å²) in [5.41, 5.74) is 0. The van der Waals surface area contributed by atoms with Gasteiger partial charge in [0.1, 0.15) is 0 Å². The van der Waals surface area contributed by atoms with Crippen molar-refractivity contribution >= 4 is 12.0 Å². The van der Waals surface area contributed by atoms with Gasteiger partial charge < -0.3 is 14.9 Å². The highest BCUT2D eigenvalue weighted by Crippen LogP contribution is 2.37. The third-order valence-electron chi connectivity index (χ3n) is 4.93. The first-order chi connectivity index (χ1) is 9.15. The Morgan fingerprint density at radius 2 is 1.84 bits per heavy atom. The average Bonchev–Trinajstić information content (AvgIpc) is 2.80. The molecule has 3 rings (SSSR count).